The van der Waals surface area contributed by atoms with Crippen LogP contribution >= 0.6 is 0 Å². The van der Waals surface area contributed by atoms with Crippen LogP contribution in [0.3, 0.4) is 0 Å². The SMILES string of the molecule is NC1CCCCC1CC(=O)N(Cc1ccc(F)cc1)C1CC1. The van der Waals surface area contributed by atoms with E-state index in [2.05, 4.69) is 0 Å². The third-order valence-corrected chi connectivity index (χ3v) is 4.98. The molecule has 0 aliphatic heterocycles. The van der Waals surface area contributed by atoms with Gasteiger partial charge in [-0.3, -0.25) is 4.79 Å². The molecule has 3 rings (SSSR count). The van der Waals surface area contributed by atoms with Crippen LogP contribution in [0, 0.1) is 11.7 Å². The molecule has 0 aromatic heterocycles. The van der Waals surface area contributed by atoms with Crippen molar-refractivity contribution in [3.8, 4) is 0 Å². The lowest BCUT2D eigenvalue weighted by molar-refractivity contribution is -0.133. The fraction of sp³-hybridized carbons (Fsp3) is 0.611. The van der Waals surface area contributed by atoms with E-state index >= 15 is 0 Å². The van der Waals surface area contributed by atoms with E-state index in [1.807, 2.05) is 4.90 Å². The maximum atomic E-state index is 13.0. The number of benzene rings is 1. The Morgan fingerprint density at radius 2 is 1.82 bits per heavy atom. The summed E-state index contributed by atoms with van der Waals surface area (Å²) in [6.45, 7) is 0.589. The van der Waals surface area contributed by atoms with Gasteiger partial charge in [0.05, 0.1) is 0 Å². The molecule has 2 aliphatic rings. The Bertz CT molecular complexity index is 512. The van der Waals surface area contributed by atoms with Gasteiger partial charge in [-0.25, -0.2) is 4.39 Å². The third-order valence-electron chi connectivity index (χ3n) is 4.98. The number of halogens is 1. The van der Waals surface area contributed by atoms with Gasteiger partial charge >= 0.3 is 0 Å². The average Bonchev–Trinajstić information content (AvgIpc) is 3.33. The molecule has 1 aromatic carbocycles. The minimum atomic E-state index is -0.235. The summed E-state index contributed by atoms with van der Waals surface area (Å²) in [6, 6.07) is 7.00. The molecule has 3 nitrogen and oxygen atoms in total. The summed E-state index contributed by atoms with van der Waals surface area (Å²) in [4.78, 5) is 14.7. The van der Waals surface area contributed by atoms with Crippen LogP contribution in [0.4, 0.5) is 4.39 Å². The number of carbonyl (C=O) groups is 1. The fourth-order valence-electron chi connectivity index (χ4n) is 3.42. The van der Waals surface area contributed by atoms with Crippen LogP contribution in [0.5, 0.6) is 0 Å². The molecule has 0 bridgehead atoms. The van der Waals surface area contributed by atoms with Gasteiger partial charge in [0.1, 0.15) is 5.82 Å². The van der Waals surface area contributed by atoms with Gasteiger partial charge in [0.15, 0.2) is 0 Å². The van der Waals surface area contributed by atoms with Crippen LogP contribution in [0.25, 0.3) is 0 Å². The molecule has 2 fully saturated rings. The van der Waals surface area contributed by atoms with Gasteiger partial charge in [-0.15, -0.1) is 0 Å². The highest BCUT2D eigenvalue weighted by Gasteiger charge is 2.34. The van der Waals surface area contributed by atoms with Gasteiger partial charge in [-0.1, -0.05) is 25.0 Å². The summed E-state index contributed by atoms with van der Waals surface area (Å²) in [5, 5.41) is 0. The number of nitrogens with two attached hydrogens (primary N) is 1. The van der Waals surface area contributed by atoms with Crippen molar-refractivity contribution in [2.45, 2.75) is 63.6 Å². The van der Waals surface area contributed by atoms with Crippen molar-refractivity contribution < 1.29 is 9.18 Å². The van der Waals surface area contributed by atoms with E-state index in [9.17, 15) is 9.18 Å². The number of hydrogen-bond donors (Lipinski definition) is 1. The van der Waals surface area contributed by atoms with E-state index in [0.717, 1.165) is 31.2 Å². The van der Waals surface area contributed by atoms with Crippen LogP contribution in [0.2, 0.25) is 0 Å². The molecule has 1 aromatic rings. The first-order valence-electron chi connectivity index (χ1n) is 8.43. The van der Waals surface area contributed by atoms with E-state index in [0.29, 0.717) is 24.9 Å². The zero-order valence-electron chi connectivity index (χ0n) is 13.0. The topological polar surface area (TPSA) is 46.3 Å². The van der Waals surface area contributed by atoms with Crippen molar-refractivity contribution >= 4 is 5.91 Å². The summed E-state index contributed by atoms with van der Waals surface area (Å²) in [6.07, 6.45) is 7.23. The molecule has 0 saturated heterocycles. The Kier molecular flexibility index (Phi) is 4.77. The number of amides is 1. The Balaban J connectivity index is 1.62. The Labute approximate surface area is 131 Å². The predicted octanol–water partition coefficient (Wildman–Crippen LogP) is 3.22. The first-order chi connectivity index (χ1) is 10.6. The largest absolute Gasteiger partial charge is 0.335 e. The zero-order chi connectivity index (χ0) is 15.5. The lowest BCUT2D eigenvalue weighted by atomic mass is 9.82. The predicted molar refractivity (Wildman–Crippen MR) is 84.5 cm³/mol. The monoisotopic (exact) mass is 304 g/mol. The zero-order valence-corrected chi connectivity index (χ0v) is 13.0. The van der Waals surface area contributed by atoms with Crippen molar-refractivity contribution in [3.05, 3.63) is 35.6 Å². The quantitative estimate of drug-likeness (QED) is 0.908. The molecule has 4 heteroatoms. The van der Waals surface area contributed by atoms with E-state index in [1.54, 1.807) is 12.1 Å². The highest BCUT2D eigenvalue weighted by atomic mass is 19.1. The van der Waals surface area contributed by atoms with E-state index < -0.39 is 0 Å². The maximum Gasteiger partial charge on any atom is 0.223 e. The molecule has 0 heterocycles. The number of rotatable bonds is 5. The van der Waals surface area contributed by atoms with E-state index in [4.69, 9.17) is 5.73 Å². The van der Waals surface area contributed by atoms with Gasteiger partial charge in [-0.2, -0.15) is 0 Å². The van der Waals surface area contributed by atoms with Crippen molar-refractivity contribution in [1.82, 2.24) is 4.90 Å². The van der Waals surface area contributed by atoms with Gasteiger partial charge in [0, 0.05) is 25.0 Å². The molecule has 2 saturated carbocycles. The lowest BCUT2D eigenvalue weighted by Crippen LogP contribution is -2.39. The second-order valence-electron chi connectivity index (χ2n) is 6.79. The van der Waals surface area contributed by atoms with Crippen LogP contribution in [0.1, 0.15) is 50.5 Å². The highest BCUT2D eigenvalue weighted by Crippen LogP contribution is 2.32. The first-order valence-corrected chi connectivity index (χ1v) is 8.43. The van der Waals surface area contributed by atoms with E-state index in [-0.39, 0.29) is 17.8 Å². The summed E-state index contributed by atoms with van der Waals surface area (Å²) < 4.78 is 13.0. The summed E-state index contributed by atoms with van der Waals surface area (Å²) in [5.74, 6) is 0.311. The second kappa shape index (κ2) is 6.78. The molecule has 2 N–H and O–H groups in total. The van der Waals surface area contributed by atoms with Crippen molar-refractivity contribution in [2.24, 2.45) is 11.7 Å². The van der Waals surface area contributed by atoms with Crippen molar-refractivity contribution in [2.75, 3.05) is 0 Å². The number of hydrogen-bond acceptors (Lipinski definition) is 2. The van der Waals surface area contributed by atoms with Gasteiger partial charge in [-0.05, 0) is 49.3 Å². The number of carbonyl (C=O) groups excluding carboxylic acids is 1. The number of nitrogens with zero attached hydrogens (tertiary/aromatic N) is 1. The van der Waals surface area contributed by atoms with Crippen molar-refractivity contribution in [1.29, 1.82) is 0 Å². The highest BCUT2D eigenvalue weighted by molar-refractivity contribution is 5.77. The van der Waals surface area contributed by atoms with Gasteiger partial charge in [0.2, 0.25) is 5.91 Å². The Morgan fingerprint density at radius 1 is 1.14 bits per heavy atom. The molecule has 2 atom stereocenters. The Morgan fingerprint density at radius 3 is 2.45 bits per heavy atom. The maximum absolute atomic E-state index is 13.0. The van der Waals surface area contributed by atoms with Crippen LogP contribution < -0.4 is 5.73 Å². The van der Waals surface area contributed by atoms with Gasteiger partial charge in [0.25, 0.3) is 0 Å². The minimum Gasteiger partial charge on any atom is -0.335 e. The molecule has 2 unspecified atom stereocenters. The smallest absolute Gasteiger partial charge is 0.223 e. The fourth-order valence-corrected chi connectivity index (χ4v) is 3.42. The summed E-state index contributed by atoms with van der Waals surface area (Å²) in [5.41, 5.74) is 7.17. The van der Waals surface area contributed by atoms with Crippen molar-refractivity contribution in [3.63, 3.8) is 0 Å². The van der Waals surface area contributed by atoms with E-state index in [1.165, 1.54) is 25.0 Å². The average molecular weight is 304 g/mol. The molecule has 1 amide bonds. The molecular formula is C18H25FN2O. The summed E-state index contributed by atoms with van der Waals surface area (Å²) >= 11 is 0. The minimum absolute atomic E-state index is 0.171. The normalized spacial score (nSPS) is 25.0. The first kappa shape index (κ1) is 15.5. The second-order valence-corrected chi connectivity index (χ2v) is 6.79. The van der Waals surface area contributed by atoms with Gasteiger partial charge < -0.3 is 10.6 Å². The molecular weight excluding hydrogens is 279 g/mol. The van der Waals surface area contributed by atoms with Crippen LogP contribution in [-0.2, 0) is 11.3 Å². The standard InChI is InChI=1S/C18H25FN2O/c19-15-7-5-13(6-8-15)12-21(16-9-10-16)18(22)11-14-3-1-2-4-17(14)20/h5-8,14,16-17H,1-4,9-12,20H2. The molecule has 2 aliphatic carbocycles. The molecule has 0 spiro atoms. The van der Waals surface area contributed by atoms with Crippen LogP contribution in [-0.4, -0.2) is 22.9 Å². The summed E-state index contributed by atoms with van der Waals surface area (Å²) in [7, 11) is 0. The lowest BCUT2D eigenvalue weighted by Gasteiger charge is -2.31. The molecule has 22 heavy (non-hydrogen) atoms. The molecule has 0 radical (unpaired) electrons. The van der Waals surface area contributed by atoms with Crippen LogP contribution in [0.15, 0.2) is 24.3 Å². The molecule has 120 valence electrons. The third kappa shape index (κ3) is 3.86. The Hall–Kier alpha value is -1.42.